The maximum atomic E-state index is 13.6. The zero-order valence-electron chi connectivity index (χ0n) is 20.0. The first-order chi connectivity index (χ1) is 17.3. The van der Waals surface area contributed by atoms with Crippen molar-refractivity contribution in [2.24, 2.45) is 5.92 Å². The molecular formula is C27H25ClN2O5S. The molecule has 3 amide bonds. The van der Waals surface area contributed by atoms with Crippen LogP contribution in [0.15, 0.2) is 53.9 Å². The monoisotopic (exact) mass is 524 g/mol. The molecule has 2 aromatic carbocycles. The minimum Gasteiger partial charge on any atom is -0.462 e. The number of halogens is 1. The number of ether oxygens (including phenoxy) is 1. The van der Waals surface area contributed by atoms with Crippen molar-refractivity contribution in [2.75, 3.05) is 11.9 Å². The van der Waals surface area contributed by atoms with Gasteiger partial charge in [0.05, 0.1) is 17.7 Å². The van der Waals surface area contributed by atoms with E-state index in [1.54, 1.807) is 60.8 Å². The van der Waals surface area contributed by atoms with Crippen LogP contribution in [0.1, 0.15) is 58.3 Å². The van der Waals surface area contributed by atoms with Gasteiger partial charge in [-0.25, -0.2) is 4.79 Å². The number of esters is 1. The summed E-state index contributed by atoms with van der Waals surface area (Å²) in [6.45, 7) is 5.56. The highest BCUT2D eigenvalue weighted by molar-refractivity contribution is 7.15. The lowest BCUT2D eigenvalue weighted by Crippen LogP contribution is -2.50. The third-order valence-electron chi connectivity index (χ3n) is 6.22. The van der Waals surface area contributed by atoms with E-state index in [1.807, 2.05) is 13.8 Å². The summed E-state index contributed by atoms with van der Waals surface area (Å²) in [5.41, 5.74) is 2.08. The van der Waals surface area contributed by atoms with Gasteiger partial charge < -0.3 is 10.1 Å². The van der Waals surface area contributed by atoms with E-state index in [1.165, 1.54) is 11.3 Å². The van der Waals surface area contributed by atoms with Crippen molar-refractivity contribution >= 4 is 51.6 Å². The van der Waals surface area contributed by atoms with Crippen molar-refractivity contribution < 1.29 is 23.9 Å². The summed E-state index contributed by atoms with van der Waals surface area (Å²) in [4.78, 5) is 53.9. The minimum atomic E-state index is -1.06. The highest BCUT2D eigenvalue weighted by atomic mass is 35.5. The Hall–Kier alpha value is -3.49. The van der Waals surface area contributed by atoms with Gasteiger partial charge in [0.15, 0.2) is 0 Å². The highest BCUT2D eigenvalue weighted by Gasteiger charge is 2.44. The maximum absolute atomic E-state index is 13.6. The molecule has 1 aliphatic rings. The molecule has 0 radical (unpaired) electrons. The Morgan fingerprint density at radius 3 is 2.17 bits per heavy atom. The van der Waals surface area contributed by atoms with Crippen molar-refractivity contribution in [3.63, 3.8) is 0 Å². The van der Waals surface area contributed by atoms with Crippen LogP contribution in [0.5, 0.6) is 0 Å². The molecule has 2 unspecified atom stereocenters. The molecule has 3 aromatic rings. The van der Waals surface area contributed by atoms with E-state index in [9.17, 15) is 19.2 Å². The Morgan fingerprint density at radius 1 is 1.00 bits per heavy atom. The Bertz CT molecular complexity index is 1300. The van der Waals surface area contributed by atoms with Gasteiger partial charge in [-0.1, -0.05) is 56.1 Å². The fourth-order valence-electron chi connectivity index (χ4n) is 4.20. The molecule has 0 saturated carbocycles. The Kier molecular flexibility index (Phi) is 7.56. The highest BCUT2D eigenvalue weighted by Crippen LogP contribution is 2.37. The number of thiophene rings is 1. The second-order valence-corrected chi connectivity index (χ2v) is 9.74. The third kappa shape index (κ3) is 4.66. The lowest BCUT2D eigenvalue weighted by Gasteiger charge is -2.29. The minimum absolute atomic E-state index is 0.159. The van der Waals surface area contributed by atoms with Crippen molar-refractivity contribution in [1.82, 2.24) is 4.90 Å². The first kappa shape index (κ1) is 25.6. The molecule has 1 aromatic heterocycles. The summed E-state index contributed by atoms with van der Waals surface area (Å²) in [7, 11) is 0. The van der Waals surface area contributed by atoms with Crippen molar-refractivity contribution in [2.45, 2.75) is 33.2 Å². The predicted molar refractivity (Wildman–Crippen MR) is 140 cm³/mol. The topological polar surface area (TPSA) is 92.8 Å². The van der Waals surface area contributed by atoms with Gasteiger partial charge in [0.2, 0.25) is 5.91 Å². The average Bonchev–Trinajstić information content (AvgIpc) is 3.39. The number of rotatable bonds is 8. The van der Waals surface area contributed by atoms with E-state index >= 15 is 0 Å². The number of hydrogen-bond acceptors (Lipinski definition) is 6. The Balaban J connectivity index is 1.71. The summed E-state index contributed by atoms with van der Waals surface area (Å²) in [6.07, 6.45) is 0.552. The quantitative estimate of drug-likeness (QED) is 0.293. The van der Waals surface area contributed by atoms with Crippen LogP contribution >= 0.6 is 22.9 Å². The van der Waals surface area contributed by atoms with Crippen molar-refractivity contribution in [3.8, 4) is 11.1 Å². The van der Waals surface area contributed by atoms with Crippen LogP contribution in [0.2, 0.25) is 5.02 Å². The van der Waals surface area contributed by atoms with Gasteiger partial charge in [-0.15, -0.1) is 11.3 Å². The number of nitrogens with one attached hydrogen (secondary N) is 1. The number of benzene rings is 2. The SMILES string of the molecule is CCOC(=O)c1c(-c2ccc(Cl)cc2)csc1NC(=O)C(C(C)CC)N1C(=O)c2ccccc2C1=O. The van der Waals surface area contributed by atoms with E-state index < -0.39 is 29.7 Å². The van der Waals surface area contributed by atoms with Gasteiger partial charge in [-0.05, 0) is 42.7 Å². The molecule has 4 rings (SSSR count). The number of fused-ring (bicyclic) bond motifs is 1. The summed E-state index contributed by atoms with van der Waals surface area (Å²) in [6, 6.07) is 12.4. The molecule has 0 spiro atoms. The van der Waals surface area contributed by atoms with Gasteiger partial charge in [0.1, 0.15) is 16.6 Å². The molecule has 0 fully saturated rings. The Labute approximate surface area is 218 Å². The maximum Gasteiger partial charge on any atom is 0.341 e. The lowest BCUT2D eigenvalue weighted by atomic mass is 9.96. The first-order valence-corrected chi connectivity index (χ1v) is 12.9. The van der Waals surface area contributed by atoms with Crippen LogP contribution in [0, 0.1) is 5.92 Å². The largest absolute Gasteiger partial charge is 0.462 e. The molecule has 9 heteroatoms. The second kappa shape index (κ2) is 10.6. The molecule has 7 nitrogen and oxygen atoms in total. The average molecular weight is 525 g/mol. The number of carbonyl (C=O) groups is 4. The van der Waals surface area contributed by atoms with Gasteiger partial charge in [-0.3, -0.25) is 19.3 Å². The summed E-state index contributed by atoms with van der Waals surface area (Å²) >= 11 is 7.19. The summed E-state index contributed by atoms with van der Waals surface area (Å²) in [5.74, 6) is -2.47. The molecular weight excluding hydrogens is 500 g/mol. The van der Waals surface area contributed by atoms with E-state index in [-0.39, 0.29) is 34.2 Å². The predicted octanol–water partition coefficient (Wildman–Crippen LogP) is 5.89. The van der Waals surface area contributed by atoms with Gasteiger partial charge in [0.25, 0.3) is 11.8 Å². The Morgan fingerprint density at radius 2 is 1.61 bits per heavy atom. The standard InChI is InChI=1S/C27H25ClN2O5S/c1-4-15(3)22(30-25(32)18-8-6-7-9-19(18)26(30)33)23(31)29-24-21(27(34)35-5-2)20(14-36-24)16-10-12-17(28)13-11-16/h6-15,22H,4-5H2,1-3H3,(H,29,31). The zero-order valence-corrected chi connectivity index (χ0v) is 21.6. The number of carbonyl (C=O) groups excluding carboxylic acids is 4. The number of nitrogens with zero attached hydrogens (tertiary/aromatic N) is 1. The van der Waals surface area contributed by atoms with Gasteiger partial charge >= 0.3 is 5.97 Å². The molecule has 0 aliphatic carbocycles. The van der Waals surface area contributed by atoms with E-state index in [0.717, 1.165) is 10.5 Å². The fraction of sp³-hybridized carbons (Fsp3) is 0.259. The fourth-order valence-corrected chi connectivity index (χ4v) is 5.28. The molecule has 2 heterocycles. The third-order valence-corrected chi connectivity index (χ3v) is 7.37. The van der Waals surface area contributed by atoms with E-state index in [0.29, 0.717) is 17.0 Å². The van der Waals surface area contributed by atoms with Crippen LogP contribution in [0.3, 0.4) is 0 Å². The molecule has 0 bridgehead atoms. The molecule has 1 aliphatic heterocycles. The smallest absolute Gasteiger partial charge is 0.341 e. The summed E-state index contributed by atoms with van der Waals surface area (Å²) in [5, 5.41) is 5.41. The zero-order chi connectivity index (χ0) is 26.0. The van der Waals surface area contributed by atoms with Crippen molar-refractivity contribution in [1.29, 1.82) is 0 Å². The van der Waals surface area contributed by atoms with E-state index in [2.05, 4.69) is 5.32 Å². The van der Waals surface area contributed by atoms with Gasteiger partial charge in [-0.2, -0.15) is 0 Å². The summed E-state index contributed by atoms with van der Waals surface area (Å²) < 4.78 is 5.27. The normalized spacial score (nSPS) is 14.4. The number of hydrogen-bond donors (Lipinski definition) is 1. The van der Waals surface area contributed by atoms with Crippen LogP contribution in [0.4, 0.5) is 5.00 Å². The van der Waals surface area contributed by atoms with Crippen LogP contribution < -0.4 is 5.32 Å². The lowest BCUT2D eigenvalue weighted by molar-refractivity contribution is -0.121. The van der Waals surface area contributed by atoms with Crippen LogP contribution in [-0.4, -0.2) is 41.2 Å². The molecule has 0 saturated heterocycles. The first-order valence-electron chi connectivity index (χ1n) is 11.6. The van der Waals surface area contributed by atoms with Crippen molar-refractivity contribution in [3.05, 3.63) is 75.6 Å². The van der Waals surface area contributed by atoms with Crippen LogP contribution in [-0.2, 0) is 9.53 Å². The van der Waals surface area contributed by atoms with E-state index in [4.69, 9.17) is 16.3 Å². The van der Waals surface area contributed by atoms with Gasteiger partial charge in [0, 0.05) is 16.0 Å². The molecule has 36 heavy (non-hydrogen) atoms. The van der Waals surface area contributed by atoms with Crippen LogP contribution in [0.25, 0.3) is 11.1 Å². The molecule has 186 valence electrons. The number of imide groups is 1. The number of anilines is 1. The second-order valence-electron chi connectivity index (χ2n) is 8.43. The molecule has 2 atom stereocenters. The number of amides is 3. The molecule has 1 N–H and O–H groups in total.